The smallest absolute Gasteiger partial charge is 0.361 e. The highest BCUT2D eigenvalue weighted by molar-refractivity contribution is 8.01. The van der Waals surface area contributed by atoms with Gasteiger partial charge in [-0.1, -0.05) is 84.2 Å². The number of ketones is 2. The number of fused-ring (bicyclic) bond motifs is 2. The van der Waals surface area contributed by atoms with Gasteiger partial charge in [0.05, 0.1) is 39.5 Å². The number of esters is 2. The molecule has 18 heteroatoms. The van der Waals surface area contributed by atoms with E-state index in [1.807, 2.05) is 60.7 Å². The number of aromatic nitrogens is 6. The Hall–Kier alpha value is -6.66. The summed E-state index contributed by atoms with van der Waals surface area (Å²) in [5.41, 5.74) is 9.58. The normalized spacial score (nSPS) is 17.5. The summed E-state index contributed by atoms with van der Waals surface area (Å²) in [6.45, 7) is 3.90. The van der Waals surface area contributed by atoms with E-state index in [9.17, 15) is 19.2 Å². The molecule has 0 saturated carbocycles. The van der Waals surface area contributed by atoms with Gasteiger partial charge in [-0.25, -0.2) is 9.59 Å². The summed E-state index contributed by atoms with van der Waals surface area (Å²) >= 11 is 2.51. The summed E-state index contributed by atoms with van der Waals surface area (Å²) in [5, 5.41) is 15.8. The molecule has 4 heterocycles. The van der Waals surface area contributed by atoms with E-state index >= 15 is 0 Å². The lowest BCUT2D eigenvalue weighted by Crippen LogP contribution is -2.39. The van der Waals surface area contributed by atoms with Crippen LogP contribution < -0.4 is 20.3 Å². The number of benzene rings is 4. The maximum Gasteiger partial charge on any atom is 0.361 e. The first-order valence-electron chi connectivity index (χ1n) is 18.8. The van der Waals surface area contributed by atoms with Crippen LogP contribution in [0.15, 0.2) is 119 Å². The van der Waals surface area contributed by atoms with Crippen molar-refractivity contribution in [3.05, 3.63) is 143 Å². The molecule has 2 aliphatic rings. The lowest BCUT2D eigenvalue weighted by atomic mass is 9.97. The predicted molar refractivity (Wildman–Crippen MR) is 223 cm³/mol. The maximum atomic E-state index is 13.5. The molecule has 4 aromatic carbocycles. The van der Waals surface area contributed by atoms with Gasteiger partial charge in [-0.05, 0) is 83.9 Å². The first-order chi connectivity index (χ1) is 29.2. The van der Waals surface area contributed by atoms with Crippen LogP contribution in [-0.2, 0) is 9.47 Å². The molecule has 0 radical (unpaired) electrons. The molecule has 0 unspecified atom stereocenters. The van der Waals surface area contributed by atoms with E-state index in [1.54, 1.807) is 76.6 Å². The van der Waals surface area contributed by atoms with Gasteiger partial charge >= 0.3 is 11.9 Å². The summed E-state index contributed by atoms with van der Waals surface area (Å²) in [4.78, 5) is 54.3. The number of methoxy groups -OCH3 is 2. The topological polar surface area (TPSA) is 191 Å². The standard InChI is InChI=1S/2C21H20N4O4S/c2*1-3-29-21(27)17-20-25(24-22-17)23-16(13-7-5-4-6-8-13)19(30-20)18(26)14-9-11-15(28-2)12-10-14/h2*4-12,16,19,23H,3H2,1-2H3/t16-,19+;16-,19-/m10/s1. The molecule has 6 aromatic rings. The van der Waals surface area contributed by atoms with E-state index in [-0.39, 0.29) is 48.3 Å². The van der Waals surface area contributed by atoms with Crippen molar-refractivity contribution < 1.29 is 38.1 Å². The van der Waals surface area contributed by atoms with Crippen LogP contribution in [0.2, 0.25) is 0 Å². The molecule has 8 rings (SSSR count). The van der Waals surface area contributed by atoms with Crippen LogP contribution in [0, 0.1) is 0 Å². The summed E-state index contributed by atoms with van der Waals surface area (Å²) in [6.07, 6.45) is 0. The number of thioether (sulfide) groups is 2. The molecule has 308 valence electrons. The number of ether oxygens (including phenoxy) is 4. The molecule has 0 fully saturated rings. The number of nitrogens with zero attached hydrogens (tertiary/aromatic N) is 6. The van der Waals surface area contributed by atoms with Crippen LogP contribution in [-0.4, -0.2) is 91.6 Å². The Morgan fingerprint density at radius 2 is 0.933 bits per heavy atom. The van der Waals surface area contributed by atoms with Gasteiger partial charge in [0, 0.05) is 11.1 Å². The third kappa shape index (κ3) is 8.84. The summed E-state index contributed by atoms with van der Waals surface area (Å²) in [6, 6.07) is 32.5. The fourth-order valence-electron chi connectivity index (χ4n) is 6.43. The van der Waals surface area contributed by atoms with Crippen molar-refractivity contribution >= 4 is 47.0 Å². The van der Waals surface area contributed by atoms with Gasteiger partial charge in [-0.2, -0.15) is 9.58 Å². The van der Waals surface area contributed by atoms with Gasteiger partial charge < -0.3 is 18.9 Å². The van der Waals surface area contributed by atoms with Crippen molar-refractivity contribution in [3.63, 3.8) is 0 Å². The minimum atomic E-state index is -0.568. The van der Waals surface area contributed by atoms with Gasteiger partial charge in [0.2, 0.25) is 11.4 Å². The van der Waals surface area contributed by atoms with Crippen molar-refractivity contribution in [2.24, 2.45) is 0 Å². The van der Waals surface area contributed by atoms with Crippen molar-refractivity contribution in [1.82, 2.24) is 30.2 Å². The quantitative estimate of drug-likeness (QED) is 0.104. The Bertz CT molecular complexity index is 2280. The number of hydrogen-bond acceptors (Lipinski definition) is 16. The molecular weight excluding hydrogens is 809 g/mol. The summed E-state index contributed by atoms with van der Waals surface area (Å²) < 4.78 is 20.5. The van der Waals surface area contributed by atoms with Crippen LogP contribution in [0.1, 0.15) is 78.8 Å². The predicted octanol–water partition coefficient (Wildman–Crippen LogP) is 6.21. The molecule has 2 aliphatic heterocycles. The third-order valence-electron chi connectivity index (χ3n) is 9.38. The molecule has 60 heavy (non-hydrogen) atoms. The zero-order chi connectivity index (χ0) is 42.2. The number of hydrogen-bond donors (Lipinski definition) is 2. The van der Waals surface area contributed by atoms with E-state index in [0.29, 0.717) is 32.7 Å². The number of nitrogens with one attached hydrogen (secondary N) is 2. The summed E-state index contributed by atoms with van der Waals surface area (Å²) in [5.74, 6) is 0.0566. The molecule has 0 bridgehead atoms. The molecule has 0 amide bonds. The minimum absolute atomic E-state index is 0.0775. The molecule has 2 N–H and O–H groups in total. The first-order valence-corrected chi connectivity index (χ1v) is 20.6. The Labute approximate surface area is 353 Å². The second kappa shape index (κ2) is 18.9. The average molecular weight is 849 g/mol. The van der Waals surface area contributed by atoms with Crippen LogP contribution in [0.5, 0.6) is 11.5 Å². The third-order valence-corrected chi connectivity index (χ3v) is 12.0. The Kier molecular flexibility index (Phi) is 13.1. The van der Waals surface area contributed by atoms with Crippen molar-refractivity contribution in [1.29, 1.82) is 0 Å². The van der Waals surface area contributed by atoms with Gasteiger partial charge in [-0.3, -0.25) is 20.4 Å². The first kappa shape index (κ1) is 41.5. The molecule has 16 nitrogen and oxygen atoms in total. The van der Waals surface area contributed by atoms with Crippen LogP contribution >= 0.6 is 23.5 Å². The average Bonchev–Trinajstić information content (AvgIpc) is 3.93. The maximum absolute atomic E-state index is 13.5. The second-order valence-electron chi connectivity index (χ2n) is 13.0. The van der Waals surface area contributed by atoms with E-state index in [2.05, 4.69) is 31.5 Å². The molecule has 0 saturated heterocycles. The molecule has 0 spiro atoms. The second-order valence-corrected chi connectivity index (χ2v) is 15.3. The lowest BCUT2D eigenvalue weighted by molar-refractivity contribution is 0.0505. The largest absolute Gasteiger partial charge is 0.497 e. The van der Waals surface area contributed by atoms with Crippen LogP contribution in [0.25, 0.3) is 0 Å². The zero-order valence-corrected chi connectivity index (χ0v) is 34.5. The fraction of sp³-hybridized carbons (Fsp3) is 0.238. The highest BCUT2D eigenvalue weighted by Crippen LogP contribution is 2.41. The highest BCUT2D eigenvalue weighted by atomic mass is 32.2. The van der Waals surface area contributed by atoms with Crippen molar-refractivity contribution in [2.75, 3.05) is 38.3 Å². The zero-order valence-electron chi connectivity index (χ0n) is 32.9. The van der Waals surface area contributed by atoms with Crippen LogP contribution in [0.3, 0.4) is 0 Å². The van der Waals surface area contributed by atoms with E-state index in [1.165, 1.54) is 33.1 Å². The summed E-state index contributed by atoms with van der Waals surface area (Å²) in [7, 11) is 3.16. The minimum Gasteiger partial charge on any atom is -0.497 e. The SMILES string of the molecule is CCOC(=O)c1nnn2c1S[C@H](C(=O)c1ccc(OC)cc1)[C@@H](c1ccccc1)N2.CCOC(=O)c1nnn2c1S[C@H](C(=O)c1ccc(OC)cc1)[C@H](c1ccccc1)N2. The Balaban J connectivity index is 0.000000181. The number of Topliss-reactive ketones (excluding diaryl/α,β-unsaturated/α-hetero) is 2. The highest BCUT2D eigenvalue weighted by Gasteiger charge is 2.41. The monoisotopic (exact) mass is 848 g/mol. The van der Waals surface area contributed by atoms with Gasteiger partial charge in [0.1, 0.15) is 22.0 Å². The van der Waals surface area contributed by atoms with Gasteiger partial charge in [-0.15, -0.1) is 10.2 Å². The molecule has 0 aliphatic carbocycles. The van der Waals surface area contributed by atoms with Crippen molar-refractivity contribution in [2.45, 2.75) is 46.5 Å². The molecular formula is C42H40N8O8S2. The van der Waals surface area contributed by atoms with Gasteiger partial charge in [0.15, 0.2) is 21.6 Å². The lowest BCUT2D eigenvalue weighted by Gasteiger charge is -2.32. The molecule has 2 aromatic heterocycles. The fourth-order valence-corrected chi connectivity index (χ4v) is 8.95. The Morgan fingerprint density at radius 1 is 0.567 bits per heavy atom. The van der Waals surface area contributed by atoms with E-state index in [4.69, 9.17) is 18.9 Å². The van der Waals surface area contributed by atoms with Crippen molar-refractivity contribution in [3.8, 4) is 11.5 Å². The van der Waals surface area contributed by atoms with E-state index < -0.39 is 22.4 Å². The van der Waals surface area contributed by atoms with Crippen LogP contribution in [0.4, 0.5) is 0 Å². The van der Waals surface area contributed by atoms with Gasteiger partial charge in [0.25, 0.3) is 0 Å². The number of carbonyl (C=O) groups excluding carboxylic acids is 4. The molecule has 4 atom stereocenters. The number of rotatable bonds is 12. The Morgan fingerprint density at radius 3 is 1.27 bits per heavy atom. The number of carbonyl (C=O) groups is 4. The van der Waals surface area contributed by atoms with E-state index in [0.717, 1.165) is 11.1 Å².